The largest absolute Gasteiger partial charge is 0.480 e. The van der Waals surface area contributed by atoms with E-state index in [1.807, 2.05) is 5.32 Å². The molecule has 0 aliphatic rings. The van der Waals surface area contributed by atoms with E-state index in [4.69, 9.17) is 16.7 Å². The second kappa shape index (κ2) is 5.16. The van der Waals surface area contributed by atoms with Crippen LogP contribution in [0.5, 0.6) is 0 Å². The van der Waals surface area contributed by atoms with E-state index in [1.54, 1.807) is 6.07 Å². The molecule has 0 aliphatic heterocycles. The third kappa shape index (κ3) is 3.36. The number of carboxylic acids is 1. The summed E-state index contributed by atoms with van der Waals surface area (Å²) in [4.78, 5) is 11.2. The van der Waals surface area contributed by atoms with Gasteiger partial charge in [-0.25, -0.2) is 4.79 Å². The van der Waals surface area contributed by atoms with Crippen LogP contribution in [-0.2, 0) is 10.3 Å². The van der Waals surface area contributed by atoms with E-state index in [2.05, 4.69) is 0 Å². The fourth-order valence-corrected chi connectivity index (χ4v) is 1.75. The number of halogens is 4. The van der Waals surface area contributed by atoms with E-state index in [-0.39, 0.29) is 10.6 Å². The normalized spacial score (nSPS) is 15.2. The molecule has 18 heavy (non-hydrogen) atoms. The molecule has 0 saturated heterocycles. The van der Waals surface area contributed by atoms with Gasteiger partial charge in [-0.3, -0.25) is 5.32 Å². The molecule has 0 bridgehead atoms. The molecule has 1 atom stereocenters. The second-order valence-electron chi connectivity index (χ2n) is 3.88. The van der Waals surface area contributed by atoms with Gasteiger partial charge in [0.1, 0.15) is 5.54 Å². The molecule has 0 heterocycles. The lowest BCUT2D eigenvalue weighted by Crippen LogP contribution is -2.50. The lowest BCUT2D eigenvalue weighted by Gasteiger charge is -2.28. The molecular weight excluding hydrogens is 271 g/mol. The highest BCUT2D eigenvalue weighted by molar-refractivity contribution is 6.31. The Hall–Kier alpha value is -1.27. The Morgan fingerprint density at radius 2 is 1.94 bits per heavy atom. The average molecular weight is 282 g/mol. The molecule has 0 saturated carbocycles. The minimum Gasteiger partial charge on any atom is -0.480 e. The van der Waals surface area contributed by atoms with E-state index in [0.29, 0.717) is 0 Å². The lowest BCUT2D eigenvalue weighted by atomic mass is 9.92. The fourth-order valence-electron chi connectivity index (χ4n) is 1.43. The first kappa shape index (κ1) is 14.8. The summed E-state index contributed by atoms with van der Waals surface area (Å²) in [6.07, 6.45) is -4.50. The van der Waals surface area contributed by atoms with Crippen molar-refractivity contribution >= 4 is 17.6 Å². The number of carboxylic acid groups (broad SMARTS) is 1. The van der Waals surface area contributed by atoms with Crippen LogP contribution in [0.3, 0.4) is 0 Å². The summed E-state index contributed by atoms with van der Waals surface area (Å²) in [5, 5.41) is 11.2. The quantitative estimate of drug-likeness (QED) is 0.892. The maximum Gasteiger partial charge on any atom is 0.401 e. The molecule has 0 fully saturated rings. The Morgan fingerprint density at radius 3 is 2.39 bits per heavy atom. The summed E-state index contributed by atoms with van der Waals surface area (Å²) in [5.74, 6) is -1.43. The van der Waals surface area contributed by atoms with Gasteiger partial charge in [0.25, 0.3) is 0 Å². The fraction of sp³-hybridized carbons (Fsp3) is 0.364. The molecule has 1 aromatic carbocycles. The summed E-state index contributed by atoms with van der Waals surface area (Å²) in [6.45, 7) is -0.274. The zero-order valence-electron chi connectivity index (χ0n) is 9.38. The van der Waals surface area contributed by atoms with Gasteiger partial charge in [0.15, 0.2) is 0 Å². The van der Waals surface area contributed by atoms with E-state index >= 15 is 0 Å². The number of hydrogen-bond donors (Lipinski definition) is 2. The first-order chi connectivity index (χ1) is 8.17. The number of hydrogen-bond acceptors (Lipinski definition) is 2. The van der Waals surface area contributed by atoms with Gasteiger partial charge in [-0.2, -0.15) is 13.2 Å². The summed E-state index contributed by atoms with van der Waals surface area (Å²) < 4.78 is 36.5. The molecule has 0 spiro atoms. The van der Waals surface area contributed by atoms with Crippen LogP contribution in [0, 0.1) is 0 Å². The maximum absolute atomic E-state index is 12.2. The molecule has 7 heteroatoms. The Kier molecular flexibility index (Phi) is 4.24. The molecule has 0 aliphatic carbocycles. The third-order valence-electron chi connectivity index (χ3n) is 2.48. The first-order valence-electron chi connectivity index (χ1n) is 4.97. The Morgan fingerprint density at radius 1 is 1.39 bits per heavy atom. The zero-order chi connectivity index (χ0) is 14.0. The predicted octanol–water partition coefficient (Wildman–Crippen LogP) is 2.79. The van der Waals surface area contributed by atoms with E-state index in [0.717, 1.165) is 6.92 Å². The maximum atomic E-state index is 12.2. The van der Waals surface area contributed by atoms with E-state index in [9.17, 15) is 18.0 Å². The molecule has 3 nitrogen and oxygen atoms in total. The van der Waals surface area contributed by atoms with Crippen molar-refractivity contribution in [1.29, 1.82) is 0 Å². The number of carbonyl (C=O) groups is 1. The van der Waals surface area contributed by atoms with Crippen LogP contribution < -0.4 is 5.32 Å². The summed E-state index contributed by atoms with van der Waals surface area (Å²) in [7, 11) is 0. The molecule has 2 N–H and O–H groups in total. The number of nitrogens with one attached hydrogen (secondary N) is 1. The van der Waals surface area contributed by atoms with Crippen molar-refractivity contribution in [3.8, 4) is 0 Å². The van der Waals surface area contributed by atoms with Crippen LogP contribution in [0.1, 0.15) is 12.5 Å². The SMILES string of the molecule is CC(NCC(F)(F)F)(C(=O)O)c1ccccc1Cl. The van der Waals surface area contributed by atoms with Crippen LogP contribution in [0.2, 0.25) is 5.02 Å². The highest BCUT2D eigenvalue weighted by Crippen LogP contribution is 2.29. The van der Waals surface area contributed by atoms with E-state index < -0.39 is 24.2 Å². The van der Waals surface area contributed by atoms with Gasteiger partial charge in [-0.05, 0) is 13.0 Å². The minimum absolute atomic E-state index is 0.0865. The zero-order valence-corrected chi connectivity index (χ0v) is 10.1. The molecule has 0 radical (unpaired) electrons. The van der Waals surface area contributed by atoms with Gasteiger partial charge in [-0.1, -0.05) is 29.8 Å². The van der Waals surface area contributed by atoms with Crippen molar-refractivity contribution in [3.05, 3.63) is 34.9 Å². The molecule has 100 valence electrons. The van der Waals surface area contributed by atoms with Crippen molar-refractivity contribution in [1.82, 2.24) is 5.32 Å². The number of aliphatic carboxylic acids is 1. The van der Waals surface area contributed by atoms with E-state index in [1.165, 1.54) is 18.2 Å². The molecule has 1 aromatic rings. The average Bonchev–Trinajstić information content (AvgIpc) is 2.25. The Labute approximate surface area is 107 Å². The standard InChI is InChI=1S/C11H11ClF3NO2/c1-10(9(17)18,16-6-11(13,14)15)7-4-2-3-5-8(7)12/h2-5,16H,6H2,1H3,(H,17,18). The number of rotatable bonds is 4. The molecule has 0 amide bonds. The van der Waals surface area contributed by atoms with Gasteiger partial charge in [0.05, 0.1) is 6.54 Å². The first-order valence-corrected chi connectivity index (χ1v) is 5.35. The topological polar surface area (TPSA) is 49.3 Å². The number of benzene rings is 1. The molecular formula is C11H11ClF3NO2. The minimum atomic E-state index is -4.50. The monoisotopic (exact) mass is 281 g/mol. The highest BCUT2D eigenvalue weighted by Gasteiger charge is 2.40. The lowest BCUT2D eigenvalue weighted by molar-refractivity contribution is -0.150. The summed E-state index contributed by atoms with van der Waals surface area (Å²) >= 11 is 5.82. The second-order valence-corrected chi connectivity index (χ2v) is 4.29. The van der Waals surface area contributed by atoms with Crippen LogP contribution in [0.15, 0.2) is 24.3 Å². The number of alkyl halides is 3. The summed E-state index contributed by atoms with van der Waals surface area (Å²) in [6, 6.07) is 5.88. The Bertz CT molecular complexity index is 450. The van der Waals surface area contributed by atoms with Crippen molar-refractivity contribution in [2.45, 2.75) is 18.6 Å². The van der Waals surface area contributed by atoms with Gasteiger partial charge in [0.2, 0.25) is 0 Å². The molecule has 1 unspecified atom stereocenters. The summed E-state index contributed by atoms with van der Waals surface area (Å²) in [5.41, 5.74) is -1.81. The van der Waals surface area contributed by atoms with Crippen LogP contribution in [-0.4, -0.2) is 23.8 Å². The van der Waals surface area contributed by atoms with Crippen LogP contribution in [0.25, 0.3) is 0 Å². The Balaban J connectivity index is 3.09. The third-order valence-corrected chi connectivity index (χ3v) is 2.81. The smallest absolute Gasteiger partial charge is 0.401 e. The van der Waals surface area contributed by atoms with Gasteiger partial charge in [0, 0.05) is 10.6 Å². The van der Waals surface area contributed by atoms with Crippen LogP contribution >= 0.6 is 11.6 Å². The van der Waals surface area contributed by atoms with Crippen molar-refractivity contribution < 1.29 is 23.1 Å². The highest BCUT2D eigenvalue weighted by atomic mass is 35.5. The van der Waals surface area contributed by atoms with Gasteiger partial charge >= 0.3 is 12.1 Å². The van der Waals surface area contributed by atoms with Crippen molar-refractivity contribution in [2.75, 3.05) is 6.54 Å². The molecule has 1 rings (SSSR count). The van der Waals surface area contributed by atoms with Crippen molar-refractivity contribution in [2.24, 2.45) is 0 Å². The van der Waals surface area contributed by atoms with Gasteiger partial charge in [-0.15, -0.1) is 0 Å². The molecule has 0 aromatic heterocycles. The van der Waals surface area contributed by atoms with Crippen molar-refractivity contribution in [3.63, 3.8) is 0 Å². The van der Waals surface area contributed by atoms with Gasteiger partial charge < -0.3 is 5.11 Å². The van der Waals surface area contributed by atoms with Crippen LogP contribution in [0.4, 0.5) is 13.2 Å². The predicted molar refractivity (Wildman–Crippen MR) is 60.5 cm³/mol.